The number of hydrogen-bond donors (Lipinski definition) is 5. The van der Waals surface area contributed by atoms with Crippen LogP contribution in [-0.4, -0.2) is 114 Å². The minimum absolute atomic E-state index is 0.0415. The second kappa shape index (κ2) is 15.1. The first-order chi connectivity index (χ1) is 25.1. The summed E-state index contributed by atoms with van der Waals surface area (Å²) in [6.07, 6.45) is 3.29. The molecule has 0 radical (unpaired) electrons. The van der Waals surface area contributed by atoms with Crippen molar-refractivity contribution in [2.24, 2.45) is 0 Å². The third-order valence-electron chi connectivity index (χ3n) is 10.6. The fraction of sp³-hybridized carbons (Fsp3) is 0.457. The van der Waals surface area contributed by atoms with Crippen LogP contribution >= 0.6 is 0 Å². The summed E-state index contributed by atoms with van der Waals surface area (Å²) in [4.78, 5) is 16.8. The lowest BCUT2D eigenvalue weighted by Crippen LogP contribution is -2.44. The van der Waals surface area contributed by atoms with E-state index in [0.717, 1.165) is 0 Å². The SMILES string of the molecule is COCCN1c2ccc(S(=O)(=O)O)cc2C(C)(CCCS(=O)(=O)O)C1/C=C1/C(=O)C(/C=C2/N(CCO)c3ccc(S(=O)(=O)O)cc3C2(C)CCOC)=C1O. The molecule has 0 saturated carbocycles. The summed E-state index contributed by atoms with van der Waals surface area (Å²) < 4.78 is 112. The Balaban J connectivity index is 1.65. The summed E-state index contributed by atoms with van der Waals surface area (Å²) in [7, 11) is -10.6. The van der Waals surface area contributed by atoms with Crippen molar-refractivity contribution in [2.75, 3.05) is 62.7 Å². The molecule has 1 aliphatic carbocycles. The molecule has 19 heteroatoms. The van der Waals surface area contributed by atoms with E-state index in [2.05, 4.69) is 0 Å². The monoisotopic (exact) mass is 812 g/mol. The number of allylic oxidation sites excluding steroid dienone is 4. The average molecular weight is 813 g/mol. The first-order valence-corrected chi connectivity index (χ1v) is 21.4. The number of carbonyl (C=O) groups excluding carboxylic acids is 1. The molecule has 0 bridgehead atoms. The van der Waals surface area contributed by atoms with Crippen molar-refractivity contribution in [3.05, 3.63) is 82.3 Å². The van der Waals surface area contributed by atoms with E-state index in [1.165, 1.54) is 62.8 Å². The van der Waals surface area contributed by atoms with Crippen LogP contribution in [0.2, 0.25) is 0 Å². The molecule has 3 unspecified atom stereocenters. The van der Waals surface area contributed by atoms with Gasteiger partial charge < -0.3 is 29.5 Å². The van der Waals surface area contributed by atoms with E-state index in [1.54, 1.807) is 18.7 Å². The summed E-state index contributed by atoms with van der Waals surface area (Å²) in [5, 5.41) is 21.6. The molecule has 5 N–H and O–H groups in total. The van der Waals surface area contributed by atoms with E-state index in [0.29, 0.717) is 28.2 Å². The number of aliphatic hydroxyl groups is 2. The van der Waals surface area contributed by atoms with Crippen LogP contribution in [0.1, 0.15) is 44.2 Å². The van der Waals surface area contributed by atoms with E-state index in [9.17, 15) is 53.9 Å². The molecule has 2 aromatic carbocycles. The smallest absolute Gasteiger partial charge is 0.294 e. The highest BCUT2D eigenvalue weighted by molar-refractivity contribution is 7.86. The standard InChI is InChI=1S/C35H44N2O14S3/c1-34(10-5-17-52(41,42)43)26-18-22(53(44,45)46)7-9-29(26)37(13-16-51-4)30(34)20-24-32(39)25(33(24)40)21-31-35(2,11-15-50-3)27-19-23(54(47,48)49)6-8-28(27)36(31)12-14-38/h6-9,18-21,30,38-39H,5,10-17H2,1-4H3,(H,41,42,43)(H,44,45,46)(H,47,48,49)/b24-20+,31-21+. The minimum atomic E-state index is -4.65. The molecule has 296 valence electrons. The summed E-state index contributed by atoms with van der Waals surface area (Å²) in [5.41, 5.74) is 0.110. The van der Waals surface area contributed by atoms with Crippen LogP contribution in [0.4, 0.5) is 11.4 Å². The van der Waals surface area contributed by atoms with Crippen molar-refractivity contribution in [2.45, 2.75) is 59.8 Å². The van der Waals surface area contributed by atoms with Crippen LogP contribution in [0.5, 0.6) is 0 Å². The number of nitrogens with zero attached hydrogens (tertiary/aromatic N) is 2. The highest BCUT2D eigenvalue weighted by atomic mass is 32.2. The highest BCUT2D eigenvalue weighted by Crippen LogP contribution is 2.53. The fourth-order valence-electron chi connectivity index (χ4n) is 7.76. The fourth-order valence-corrected chi connectivity index (χ4v) is 9.28. The zero-order chi connectivity index (χ0) is 40.0. The van der Waals surface area contributed by atoms with E-state index in [4.69, 9.17) is 9.47 Å². The van der Waals surface area contributed by atoms with Gasteiger partial charge in [-0.2, -0.15) is 25.3 Å². The van der Waals surface area contributed by atoms with E-state index in [1.807, 2.05) is 4.90 Å². The van der Waals surface area contributed by atoms with Gasteiger partial charge in [0, 0.05) is 61.8 Å². The van der Waals surface area contributed by atoms with Crippen LogP contribution in [0.3, 0.4) is 0 Å². The van der Waals surface area contributed by atoms with Crippen molar-refractivity contribution >= 4 is 47.5 Å². The largest absolute Gasteiger partial charge is 0.506 e. The molecule has 0 fully saturated rings. The number of rotatable bonds is 16. The Kier molecular flexibility index (Phi) is 11.6. The van der Waals surface area contributed by atoms with Gasteiger partial charge in [-0.3, -0.25) is 18.5 Å². The predicted octanol–water partition coefficient (Wildman–Crippen LogP) is 2.95. The molecule has 2 heterocycles. The van der Waals surface area contributed by atoms with Crippen molar-refractivity contribution < 1.29 is 63.4 Å². The average Bonchev–Trinajstić information content (AvgIpc) is 3.46. The van der Waals surface area contributed by atoms with E-state index < -0.39 is 63.7 Å². The Bertz CT molecular complexity index is 2270. The number of ketones is 1. The summed E-state index contributed by atoms with van der Waals surface area (Å²) in [6, 6.07) is 7.25. The summed E-state index contributed by atoms with van der Waals surface area (Å²) >= 11 is 0. The lowest BCUT2D eigenvalue weighted by molar-refractivity contribution is -0.113. The molecular weight excluding hydrogens is 769 g/mol. The maximum absolute atomic E-state index is 14.0. The molecule has 5 rings (SSSR count). The van der Waals surface area contributed by atoms with Gasteiger partial charge in [-0.1, -0.05) is 6.92 Å². The lowest BCUT2D eigenvalue weighted by Gasteiger charge is -2.37. The number of β-amino-alcohol motifs (C(OH)–C–C–N with tert-alkyl or cyclic N) is 1. The molecular formula is C35H44N2O14S3. The first kappa shape index (κ1) is 41.5. The van der Waals surface area contributed by atoms with Gasteiger partial charge in [0.15, 0.2) is 5.78 Å². The van der Waals surface area contributed by atoms with E-state index >= 15 is 0 Å². The molecule has 0 saturated heterocycles. The van der Waals surface area contributed by atoms with Gasteiger partial charge in [0.2, 0.25) is 0 Å². The second-order valence-corrected chi connectivity index (χ2v) is 18.3. The molecule has 0 aromatic heterocycles. The van der Waals surface area contributed by atoms with Crippen molar-refractivity contribution in [3.8, 4) is 0 Å². The molecule has 2 aliphatic heterocycles. The topological polar surface area (TPSA) is 246 Å². The van der Waals surface area contributed by atoms with Crippen LogP contribution < -0.4 is 9.80 Å². The lowest BCUT2D eigenvalue weighted by atomic mass is 9.72. The third kappa shape index (κ3) is 7.74. The Morgan fingerprint density at radius 1 is 0.833 bits per heavy atom. The number of Topliss-reactive ketones (excluding diaryl/α,β-unsaturated/α-hetero) is 1. The van der Waals surface area contributed by atoms with Gasteiger partial charge >= 0.3 is 0 Å². The number of fused-ring (bicyclic) bond motifs is 2. The van der Waals surface area contributed by atoms with Gasteiger partial charge in [-0.25, -0.2) is 0 Å². The Hall–Kier alpha value is -3.66. The van der Waals surface area contributed by atoms with Crippen LogP contribution in [0.25, 0.3) is 0 Å². The van der Waals surface area contributed by atoms with Gasteiger partial charge in [0.25, 0.3) is 30.4 Å². The van der Waals surface area contributed by atoms with Gasteiger partial charge in [0.05, 0.1) is 45.9 Å². The Morgan fingerprint density at radius 2 is 1.43 bits per heavy atom. The number of ether oxygens (including phenoxy) is 2. The number of aliphatic hydroxyl groups excluding tert-OH is 2. The summed E-state index contributed by atoms with van der Waals surface area (Å²) in [6.45, 7) is 3.86. The number of carbonyl (C=O) groups is 1. The molecule has 0 amide bonds. The maximum Gasteiger partial charge on any atom is 0.294 e. The summed E-state index contributed by atoms with van der Waals surface area (Å²) in [5.74, 6) is -1.53. The van der Waals surface area contributed by atoms with Crippen molar-refractivity contribution in [1.82, 2.24) is 0 Å². The zero-order valence-electron chi connectivity index (χ0n) is 30.1. The van der Waals surface area contributed by atoms with Gasteiger partial charge in [-0.15, -0.1) is 0 Å². The molecule has 0 spiro atoms. The Morgan fingerprint density at radius 3 is 1.96 bits per heavy atom. The molecule has 16 nitrogen and oxygen atoms in total. The first-order valence-electron chi connectivity index (χ1n) is 16.9. The molecule has 3 aliphatic rings. The number of benzene rings is 2. The van der Waals surface area contributed by atoms with Crippen molar-refractivity contribution in [1.29, 1.82) is 0 Å². The van der Waals surface area contributed by atoms with Gasteiger partial charge in [0.1, 0.15) is 5.76 Å². The van der Waals surface area contributed by atoms with Gasteiger partial charge in [-0.05, 0) is 85.9 Å². The molecule has 54 heavy (non-hydrogen) atoms. The number of methoxy groups -OCH3 is 2. The van der Waals surface area contributed by atoms with E-state index in [-0.39, 0.29) is 74.0 Å². The van der Waals surface area contributed by atoms with Crippen LogP contribution in [0, 0.1) is 0 Å². The quantitative estimate of drug-likeness (QED) is 0.121. The number of hydrogen-bond acceptors (Lipinski definition) is 13. The zero-order valence-corrected chi connectivity index (χ0v) is 32.5. The normalized spacial score (nSPS) is 24.4. The second-order valence-electron chi connectivity index (χ2n) is 13.9. The third-order valence-corrected chi connectivity index (χ3v) is 13.1. The Labute approximate surface area is 314 Å². The molecule has 3 atom stereocenters. The van der Waals surface area contributed by atoms with Crippen molar-refractivity contribution in [3.63, 3.8) is 0 Å². The number of anilines is 2. The highest BCUT2D eigenvalue weighted by Gasteiger charge is 2.49. The van der Waals surface area contributed by atoms with Crippen LogP contribution in [0.15, 0.2) is 80.9 Å². The predicted molar refractivity (Wildman–Crippen MR) is 198 cm³/mol. The van der Waals surface area contributed by atoms with Crippen LogP contribution in [-0.2, 0) is 55.5 Å². The minimum Gasteiger partial charge on any atom is -0.506 e. The molecule has 2 aromatic rings. The maximum atomic E-state index is 14.0.